The van der Waals surface area contributed by atoms with Crippen molar-refractivity contribution in [1.29, 1.82) is 0 Å². The minimum absolute atomic E-state index is 0.0751. The van der Waals surface area contributed by atoms with Crippen LogP contribution in [0.25, 0.3) is 0 Å². The van der Waals surface area contributed by atoms with E-state index in [1.165, 1.54) is 17.7 Å². The first kappa shape index (κ1) is 19.9. The van der Waals surface area contributed by atoms with Crippen molar-refractivity contribution in [2.75, 3.05) is 26.2 Å². The van der Waals surface area contributed by atoms with Crippen LogP contribution in [0.5, 0.6) is 5.75 Å². The van der Waals surface area contributed by atoms with Gasteiger partial charge in [0, 0.05) is 11.4 Å². The smallest absolute Gasteiger partial charge is 0.224 e. The number of carbonyl (C=O) groups excluding carboxylic acids is 1. The highest BCUT2D eigenvalue weighted by atomic mass is 32.1. The first-order valence-electron chi connectivity index (χ1n) is 9.91. The topological polar surface area (TPSA) is 41.6 Å². The molecule has 27 heavy (non-hydrogen) atoms. The van der Waals surface area contributed by atoms with Crippen LogP contribution in [-0.4, -0.2) is 37.0 Å². The van der Waals surface area contributed by atoms with Crippen molar-refractivity contribution in [3.05, 3.63) is 52.2 Å². The number of amides is 1. The summed E-state index contributed by atoms with van der Waals surface area (Å²) in [6.45, 7) is 7.84. The zero-order valence-corrected chi connectivity index (χ0v) is 17.1. The fraction of sp³-hybridized carbons (Fsp3) is 0.500. The molecule has 5 heteroatoms. The van der Waals surface area contributed by atoms with Gasteiger partial charge in [-0.25, -0.2) is 0 Å². The minimum atomic E-state index is 0.0751. The third-order valence-electron chi connectivity index (χ3n) is 5.22. The second kappa shape index (κ2) is 9.90. The second-order valence-corrected chi connectivity index (χ2v) is 8.29. The van der Waals surface area contributed by atoms with Crippen LogP contribution < -0.4 is 10.1 Å². The molecule has 2 aromatic rings. The van der Waals surface area contributed by atoms with Gasteiger partial charge in [0.2, 0.25) is 5.91 Å². The third-order valence-corrected chi connectivity index (χ3v) is 6.20. The Morgan fingerprint density at radius 1 is 1.26 bits per heavy atom. The van der Waals surface area contributed by atoms with Gasteiger partial charge < -0.3 is 10.1 Å². The predicted octanol–water partition coefficient (Wildman–Crippen LogP) is 4.28. The maximum atomic E-state index is 12.5. The van der Waals surface area contributed by atoms with Crippen LogP contribution in [-0.2, 0) is 11.2 Å². The summed E-state index contributed by atoms with van der Waals surface area (Å²) >= 11 is 1.78. The molecule has 2 heterocycles. The molecule has 1 aliphatic heterocycles. The van der Waals surface area contributed by atoms with Gasteiger partial charge in [0.25, 0.3) is 0 Å². The molecule has 0 bridgehead atoms. The normalized spacial score (nSPS) is 16.8. The van der Waals surface area contributed by atoms with Crippen LogP contribution in [0.1, 0.15) is 43.2 Å². The van der Waals surface area contributed by atoms with Crippen LogP contribution in [0.2, 0.25) is 0 Å². The van der Waals surface area contributed by atoms with Gasteiger partial charge in [-0.2, -0.15) is 0 Å². The van der Waals surface area contributed by atoms with Crippen molar-refractivity contribution in [2.45, 2.75) is 39.2 Å². The molecular weight excluding hydrogens is 356 g/mol. The number of carbonyl (C=O) groups is 1. The molecule has 4 nitrogen and oxygen atoms in total. The number of rotatable bonds is 8. The van der Waals surface area contributed by atoms with Gasteiger partial charge in [-0.15, -0.1) is 11.3 Å². The van der Waals surface area contributed by atoms with E-state index in [1.54, 1.807) is 11.3 Å². The monoisotopic (exact) mass is 386 g/mol. The Kier molecular flexibility index (Phi) is 7.30. The van der Waals surface area contributed by atoms with Crippen molar-refractivity contribution < 1.29 is 9.53 Å². The van der Waals surface area contributed by atoms with E-state index in [2.05, 4.69) is 34.7 Å². The summed E-state index contributed by atoms with van der Waals surface area (Å²) in [5.74, 6) is 1.73. The number of hydrogen-bond acceptors (Lipinski definition) is 4. The first-order chi connectivity index (χ1) is 13.2. The molecule has 1 aliphatic rings. The molecule has 0 radical (unpaired) electrons. The molecule has 0 aliphatic carbocycles. The van der Waals surface area contributed by atoms with Crippen LogP contribution in [0.15, 0.2) is 41.8 Å². The Morgan fingerprint density at radius 2 is 2.00 bits per heavy atom. The third kappa shape index (κ3) is 5.81. The zero-order chi connectivity index (χ0) is 19.1. The van der Waals surface area contributed by atoms with E-state index in [9.17, 15) is 4.79 Å². The molecule has 0 spiro atoms. The Morgan fingerprint density at radius 3 is 2.63 bits per heavy atom. The van der Waals surface area contributed by atoms with E-state index < -0.39 is 0 Å². The molecule has 1 aromatic heterocycles. The summed E-state index contributed by atoms with van der Waals surface area (Å²) in [5, 5.41) is 5.28. The lowest BCUT2D eigenvalue weighted by atomic mass is 9.97. The Labute approximate surface area is 166 Å². The molecule has 1 N–H and O–H groups in total. The summed E-state index contributed by atoms with van der Waals surface area (Å²) in [4.78, 5) is 16.3. The van der Waals surface area contributed by atoms with Crippen molar-refractivity contribution >= 4 is 17.2 Å². The highest BCUT2D eigenvalue weighted by Gasteiger charge is 2.25. The standard InChI is InChI=1S/C22H30N2O2S/c1-3-26-19-8-6-18(7-9-19)15-22(25)23-16-20(21-5-4-14-27-21)24-12-10-17(2)11-13-24/h4-9,14,17,20H,3,10-13,15-16H2,1-2H3,(H,23,25). The van der Waals surface area contributed by atoms with E-state index in [0.717, 1.165) is 30.3 Å². The highest BCUT2D eigenvalue weighted by molar-refractivity contribution is 7.10. The molecule has 1 fully saturated rings. The van der Waals surface area contributed by atoms with Crippen molar-refractivity contribution in [3.63, 3.8) is 0 Å². The van der Waals surface area contributed by atoms with Gasteiger partial charge in [0.05, 0.1) is 19.1 Å². The summed E-state index contributed by atoms with van der Waals surface area (Å²) in [5.41, 5.74) is 1.01. The molecule has 1 unspecified atom stereocenters. The van der Waals surface area contributed by atoms with Crippen molar-refractivity contribution in [1.82, 2.24) is 10.2 Å². The second-order valence-electron chi connectivity index (χ2n) is 7.31. The van der Waals surface area contributed by atoms with Crippen molar-refractivity contribution in [3.8, 4) is 5.75 Å². The summed E-state index contributed by atoms with van der Waals surface area (Å²) in [6.07, 6.45) is 2.88. The van der Waals surface area contributed by atoms with E-state index in [-0.39, 0.29) is 11.9 Å². The largest absolute Gasteiger partial charge is 0.494 e. The average molecular weight is 387 g/mol. The zero-order valence-electron chi connectivity index (χ0n) is 16.3. The predicted molar refractivity (Wildman–Crippen MR) is 111 cm³/mol. The molecular formula is C22H30N2O2S. The fourth-order valence-corrected chi connectivity index (χ4v) is 4.42. The Hall–Kier alpha value is -1.85. The number of likely N-dealkylation sites (tertiary alicyclic amines) is 1. The number of nitrogens with one attached hydrogen (secondary N) is 1. The Balaban J connectivity index is 1.55. The number of benzene rings is 1. The molecule has 146 valence electrons. The minimum Gasteiger partial charge on any atom is -0.494 e. The van der Waals surface area contributed by atoms with Gasteiger partial charge in [-0.05, 0) is 67.9 Å². The van der Waals surface area contributed by atoms with Crippen molar-refractivity contribution in [2.24, 2.45) is 5.92 Å². The quantitative estimate of drug-likeness (QED) is 0.736. The SMILES string of the molecule is CCOc1ccc(CC(=O)NCC(c2cccs2)N2CCC(C)CC2)cc1. The molecule has 1 atom stereocenters. The van der Waals surface area contributed by atoms with Crippen LogP contribution in [0.3, 0.4) is 0 Å². The van der Waals surface area contributed by atoms with E-state index in [1.807, 2.05) is 31.2 Å². The van der Waals surface area contributed by atoms with Crippen LogP contribution >= 0.6 is 11.3 Å². The van der Waals surface area contributed by atoms with E-state index in [0.29, 0.717) is 19.6 Å². The van der Waals surface area contributed by atoms with Gasteiger partial charge in [-0.3, -0.25) is 9.69 Å². The number of piperidine rings is 1. The highest BCUT2D eigenvalue weighted by Crippen LogP contribution is 2.29. The summed E-state index contributed by atoms with van der Waals surface area (Å²) in [7, 11) is 0. The molecule has 1 saturated heterocycles. The molecule has 0 saturated carbocycles. The lowest BCUT2D eigenvalue weighted by Gasteiger charge is -2.36. The summed E-state index contributed by atoms with van der Waals surface area (Å²) < 4.78 is 5.46. The van der Waals surface area contributed by atoms with Gasteiger partial charge >= 0.3 is 0 Å². The average Bonchev–Trinajstić information content (AvgIpc) is 3.20. The van der Waals surface area contributed by atoms with Gasteiger partial charge in [-0.1, -0.05) is 25.1 Å². The number of ether oxygens (including phenoxy) is 1. The van der Waals surface area contributed by atoms with Crippen LogP contribution in [0.4, 0.5) is 0 Å². The number of nitrogens with zero attached hydrogens (tertiary/aromatic N) is 1. The molecule has 3 rings (SSSR count). The molecule has 1 aromatic carbocycles. The summed E-state index contributed by atoms with van der Waals surface area (Å²) in [6, 6.07) is 12.3. The lowest BCUT2D eigenvalue weighted by molar-refractivity contribution is -0.120. The molecule has 1 amide bonds. The maximum Gasteiger partial charge on any atom is 0.224 e. The van der Waals surface area contributed by atoms with E-state index in [4.69, 9.17) is 4.74 Å². The van der Waals surface area contributed by atoms with E-state index >= 15 is 0 Å². The number of hydrogen-bond donors (Lipinski definition) is 1. The van der Waals surface area contributed by atoms with Gasteiger partial charge in [0.1, 0.15) is 5.75 Å². The fourth-order valence-electron chi connectivity index (χ4n) is 3.56. The maximum absolute atomic E-state index is 12.5. The lowest BCUT2D eigenvalue weighted by Crippen LogP contribution is -2.41. The van der Waals surface area contributed by atoms with Gasteiger partial charge in [0.15, 0.2) is 0 Å². The number of thiophene rings is 1. The van der Waals surface area contributed by atoms with Crippen LogP contribution in [0, 0.1) is 5.92 Å². The first-order valence-corrected chi connectivity index (χ1v) is 10.8. The Bertz CT molecular complexity index is 692.